The van der Waals surface area contributed by atoms with Gasteiger partial charge in [0.25, 0.3) is 5.91 Å². The van der Waals surface area contributed by atoms with Crippen LogP contribution < -0.4 is 14.8 Å². The Hall–Kier alpha value is -3.07. The number of hydrogen-bond donors (Lipinski definition) is 1. The van der Waals surface area contributed by atoms with E-state index in [-0.39, 0.29) is 12.5 Å². The van der Waals surface area contributed by atoms with Gasteiger partial charge >= 0.3 is 0 Å². The molecule has 6 nitrogen and oxygen atoms in total. The number of ether oxygens (including phenoxy) is 2. The topological polar surface area (TPSA) is 84.2 Å². The number of rotatable bonds is 2. The molecule has 1 N–H and O–H groups in total. The van der Waals surface area contributed by atoms with Crippen LogP contribution in [0.2, 0.25) is 0 Å². The Morgan fingerprint density at radius 2 is 2.10 bits per heavy atom. The summed E-state index contributed by atoms with van der Waals surface area (Å²) in [6, 6.07) is 12.3. The van der Waals surface area contributed by atoms with Crippen LogP contribution in [0.5, 0.6) is 11.5 Å². The lowest BCUT2D eigenvalue weighted by molar-refractivity contribution is -0.125. The van der Waals surface area contributed by atoms with E-state index in [0.29, 0.717) is 22.9 Å². The molecule has 0 bridgehead atoms. The van der Waals surface area contributed by atoms with Crippen molar-refractivity contribution in [1.29, 1.82) is 5.26 Å². The van der Waals surface area contributed by atoms with Crippen LogP contribution in [0.15, 0.2) is 42.6 Å². The summed E-state index contributed by atoms with van der Waals surface area (Å²) in [6.45, 7) is 0.138. The number of pyridine rings is 1. The molecule has 3 rings (SSSR count). The van der Waals surface area contributed by atoms with Crippen LogP contribution in [-0.4, -0.2) is 23.6 Å². The third kappa shape index (κ3) is 2.77. The van der Waals surface area contributed by atoms with E-state index >= 15 is 0 Å². The molecule has 21 heavy (non-hydrogen) atoms. The first-order valence-electron chi connectivity index (χ1n) is 6.32. The molecule has 0 aliphatic carbocycles. The Bertz CT molecular complexity index is 707. The number of nitriles is 1. The number of carbonyl (C=O) groups is 1. The SMILES string of the molecule is N#Cc1ccc(NC(=O)C2COc3ccccc3O2)nc1. The van der Waals surface area contributed by atoms with E-state index < -0.39 is 6.10 Å². The number of nitrogens with zero attached hydrogens (tertiary/aromatic N) is 2. The summed E-state index contributed by atoms with van der Waals surface area (Å²) in [6.07, 6.45) is 0.653. The zero-order chi connectivity index (χ0) is 14.7. The van der Waals surface area contributed by atoms with Gasteiger partial charge in [0.15, 0.2) is 11.5 Å². The molecule has 1 aromatic heterocycles. The Kier molecular flexibility index (Phi) is 3.39. The Morgan fingerprint density at radius 1 is 1.29 bits per heavy atom. The maximum Gasteiger partial charge on any atom is 0.270 e. The van der Waals surface area contributed by atoms with Crippen molar-refractivity contribution in [2.24, 2.45) is 0 Å². The summed E-state index contributed by atoms with van der Waals surface area (Å²) in [5, 5.41) is 11.3. The molecule has 2 aromatic rings. The van der Waals surface area contributed by atoms with Gasteiger partial charge in [0, 0.05) is 6.20 Å². The molecule has 1 unspecified atom stereocenters. The lowest BCUT2D eigenvalue weighted by Crippen LogP contribution is -2.40. The Balaban J connectivity index is 1.68. The molecule has 1 amide bonds. The van der Waals surface area contributed by atoms with E-state index in [0.717, 1.165) is 0 Å². The van der Waals surface area contributed by atoms with Crippen LogP contribution in [0.1, 0.15) is 5.56 Å². The third-order valence-corrected chi connectivity index (χ3v) is 2.94. The predicted octanol–water partition coefficient (Wildman–Crippen LogP) is 1.73. The average Bonchev–Trinajstić information content (AvgIpc) is 2.55. The molecule has 0 spiro atoms. The number of fused-ring (bicyclic) bond motifs is 1. The second-order valence-electron chi connectivity index (χ2n) is 4.40. The minimum atomic E-state index is -0.739. The number of amides is 1. The zero-order valence-corrected chi connectivity index (χ0v) is 10.9. The van der Waals surface area contributed by atoms with E-state index in [1.807, 2.05) is 18.2 Å². The largest absolute Gasteiger partial charge is 0.485 e. The molecule has 1 aromatic carbocycles. The average molecular weight is 281 g/mol. The number of anilines is 1. The van der Waals surface area contributed by atoms with Crippen molar-refractivity contribution in [3.8, 4) is 17.6 Å². The number of nitrogens with one attached hydrogen (secondary N) is 1. The van der Waals surface area contributed by atoms with Crippen LogP contribution >= 0.6 is 0 Å². The van der Waals surface area contributed by atoms with Crippen molar-refractivity contribution in [3.05, 3.63) is 48.2 Å². The van der Waals surface area contributed by atoms with Crippen molar-refractivity contribution < 1.29 is 14.3 Å². The van der Waals surface area contributed by atoms with Crippen LogP contribution in [-0.2, 0) is 4.79 Å². The van der Waals surface area contributed by atoms with E-state index in [4.69, 9.17) is 14.7 Å². The number of carbonyl (C=O) groups excluding carboxylic acids is 1. The van der Waals surface area contributed by atoms with Gasteiger partial charge in [-0.2, -0.15) is 5.26 Å². The molecule has 0 radical (unpaired) electrons. The first-order valence-corrected chi connectivity index (χ1v) is 6.32. The van der Waals surface area contributed by atoms with E-state index in [1.54, 1.807) is 24.3 Å². The summed E-state index contributed by atoms with van der Waals surface area (Å²) >= 11 is 0. The van der Waals surface area contributed by atoms with Gasteiger partial charge in [0.1, 0.15) is 18.5 Å². The highest BCUT2D eigenvalue weighted by atomic mass is 16.6. The van der Waals surface area contributed by atoms with Crippen molar-refractivity contribution in [2.75, 3.05) is 11.9 Å². The number of aromatic nitrogens is 1. The summed E-state index contributed by atoms with van der Waals surface area (Å²) in [4.78, 5) is 16.1. The summed E-state index contributed by atoms with van der Waals surface area (Å²) in [5.74, 6) is 1.18. The number of hydrogen-bond acceptors (Lipinski definition) is 5. The second kappa shape index (κ2) is 5.51. The molecular weight excluding hydrogens is 270 g/mol. The molecule has 0 fully saturated rings. The van der Waals surface area contributed by atoms with Crippen LogP contribution in [0.3, 0.4) is 0 Å². The first kappa shape index (κ1) is 12.9. The summed E-state index contributed by atoms with van der Waals surface area (Å²) < 4.78 is 11.1. The van der Waals surface area contributed by atoms with Gasteiger partial charge in [-0.05, 0) is 24.3 Å². The van der Waals surface area contributed by atoms with Gasteiger partial charge in [0.05, 0.1) is 5.56 Å². The van der Waals surface area contributed by atoms with Gasteiger partial charge in [-0.25, -0.2) is 4.98 Å². The standard InChI is InChI=1S/C15H11N3O3/c16-7-10-5-6-14(17-8-10)18-15(19)13-9-20-11-3-1-2-4-12(11)21-13/h1-6,8,13H,9H2,(H,17,18,19). The smallest absolute Gasteiger partial charge is 0.270 e. The second-order valence-corrected chi connectivity index (χ2v) is 4.40. The lowest BCUT2D eigenvalue weighted by Gasteiger charge is -2.25. The number of para-hydroxylation sites is 2. The van der Waals surface area contributed by atoms with E-state index in [2.05, 4.69) is 10.3 Å². The fourth-order valence-electron chi connectivity index (χ4n) is 1.89. The normalized spacial score (nSPS) is 15.9. The minimum Gasteiger partial charge on any atom is -0.485 e. The van der Waals surface area contributed by atoms with Crippen molar-refractivity contribution >= 4 is 11.7 Å². The minimum absolute atomic E-state index is 0.138. The molecule has 2 heterocycles. The zero-order valence-electron chi connectivity index (χ0n) is 10.9. The van der Waals surface area contributed by atoms with Gasteiger partial charge in [-0.15, -0.1) is 0 Å². The van der Waals surface area contributed by atoms with Crippen molar-refractivity contribution in [2.45, 2.75) is 6.10 Å². The maximum atomic E-state index is 12.1. The lowest BCUT2D eigenvalue weighted by atomic mass is 10.2. The summed E-state index contributed by atoms with van der Waals surface area (Å²) in [5.41, 5.74) is 0.430. The quantitative estimate of drug-likeness (QED) is 0.906. The predicted molar refractivity (Wildman–Crippen MR) is 73.9 cm³/mol. The monoisotopic (exact) mass is 281 g/mol. The van der Waals surface area contributed by atoms with Gasteiger partial charge < -0.3 is 14.8 Å². The molecule has 1 aliphatic heterocycles. The molecular formula is C15H11N3O3. The fraction of sp³-hybridized carbons (Fsp3) is 0.133. The molecule has 6 heteroatoms. The maximum absolute atomic E-state index is 12.1. The van der Waals surface area contributed by atoms with Gasteiger partial charge in [-0.1, -0.05) is 12.1 Å². The molecule has 104 valence electrons. The third-order valence-electron chi connectivity index (χ3n) is 2.94. The van der Waals surface area contributed by atoms with Crippen molar-refractivity contribution in [3.63, 3.8) is 0 Å². The van der Waals surface area contributed by atoms with Crippen molar-refractivity contribution in [1.82, 2.24) is 4.98 Å². The highest BCUT2D eigenvalue weighted by Crippen LogP contribution is 2.31. The fourth-order valence-corrected chi connectivity index (χ4v) is 1.89. The van der Waals surface area contributed by atoms with Crippen LogP contribution in [0, 0.1) is 11.3 Å². The van der Waals surface area contributed by atoms with Crippen LogP contribution in [0.25, 0.3) is 0 Å². The summed E-state index contributed by atoms with van der Waals surface area (Å²) in [7, 11) is 0. The molecule has 1 aliphatic rings. The number of benzene rings is 1. The molecule has 1 atom stereocenters. The van der Waals surface area contributed by atoms with E-state index in [9.17, 15) is 4.79 Å². The van der Waals surface area contributed by atoms with Gasteiger partial charge in [0.2, 0.25) is 6.10 Å². The highest BCUT2D eigenvalue weighted by Gasteiger charge is 2.27. The Labute approximate surface area is 120 Å². The Morgan fingerprint density at radius 3 is 2.81 bits per heavy atom. The molecule has 0 saturated carbocycles. The molecule has 0 saturated heterocycles. The first-order chi connectivity index (χ1) is 10.3. The van der Waals surface area contributed by atoms with Gasteiger partial charge in [-0.3, -0.25) is 4.79 Å². The van der Waals surface area contributed by atoms with E-state index in [1.165, 1.54) is 6.20 Å². The van der Waals surface area contributed by atoms with Crippen LogP contribution in [0.4, 0.5) is 5.82 Å². The highest BCUT2D eigenvalue weighted by molar-refractivity contribution is 5.93.